The first-order valence-corrected chi connectivity index (χ1v) is 8.09. The Morgan fingerprint density at radius 3 is 2.43 bits per heavy atom. The number of nitrogens with zero attached hydrogens (tertiary/aromatic N) is 2. The van der Waals surface area contributed by atoms with E-state index in [1.54, 1.807) is 0 Å². The van der Waals surface area contributed by atoms with E-state index < -0.39 is 11.4 Å². The van der Waals surface area contributed by atoms with Gasteiger partial charge in [-0.2, -0.15) is 0 Å². The molecule has 2 saturated heterocycles. The highest BCUT2D eigenvalue weighted by Gasteiger charge is 2.58. The lowest BCUT2D eigenvalue weighted by molar-refractivity contribution is -0.158. The Kier molecular flexibility index (Phi) is 2.77. The zero-order valence-electron chi connectivity index (χ0n) is 12.3. The molecule has 2 aliphatic heterocycles. The molecule has 0 aromatic rings. The van der Waals surface area contributed by atoms with E-state index in [2.05, 4.69) is 10.2 Å². The van der Waals surface area contributed by atoms with Crippen LogP contribution in [0.1, 0.15) is 38.5 Å². The molecule has 2 heterocycles. The molecule has 6 nitrogen and oxygen atoms in total. The van der Waals surface area contributed by atoms with Crippen LogP contribution in [0.15, 0.2) is 0 Å². The maximum absolute atomic E-state index is 12.7. The Hall–Kier alpha value is -1.30. The fourth-order valence-electron chi connectivity index (χ4n) is 4.91. The Morgan fingerprint density at radius 1 is 1.19 bits per heavy atom. The summed E-state index contributed by atoms with van der Waals surface area (Å²) in [6.45, 7) is 3.38. The van der Waals surface area contributed by atoms with Gasteiger partial charge in [0.2, 0.25) is 0 Å². The minimum atomic E-state index is -0.634. The van der Waals surface area contributed by atoms with E-state index in [1.165, 1.54) is 0 Å². The first kappa shape index (κ1) is 13.4. The molecule has 6 heteroatoms. The van der Waals surface area contributed by atoms with Crippen LogP contribution in [0.4, 0.5) is 4.79 Å². The molecule has 5 rings (SSSR count). The quantitative estimate of drug-likeness (QED) is 0.792. The van der Waals surface area contributed by atoms with Gasteiger partial charge in [0, 0.05) is 31.7 Å². The van der Waals surface area contributed by atoms with E-state index in [4.69, 9.17) is 0 Å². The molecule has 2 N–H and O–H groups in total. The number of aliphatic carboxylic acids is 1. The summed E-state index contributed by atoms with van der Waals surface area (Å²) in [5.41, 5.74) is -0.565. The second-order valence-corrected chi connectivity index (χ2v) is 7.25. The van der Waals surface area contributed by atoms with Gasteiger partial charge in [-0.05, 0) is 38.5 Å². The molecule has 21 heavy (non-hydrogen) atoms. The summed E-state index contributed by atoms with van der Waals surface area (Å²) >= 11 is 0. The molecule has 3 aliphatic carbocycles. The van der Waals surface area contributed by atoms with E-state index in [0.717, 1.165) is 64.7 Å². The molecule has 2 amide bonds. The van der Waals surface area contributed by atoms with Crippen molar-refractivity contribution in [2.75, 3.05) is 26.2 Å². The van der Waals surface area contributed by atoms with Crippen LogP contribution in [-0.2, 0) is 4.79 Å². The Bertz CT molecular complexity index is 468. The summed E-state index contributed by atoms with van der Waals surface area (Å²) in [5, 5.41) is 12.8. The summed E-state index contributed by atoms with van der Waals surface area (Å²) in [7, 11) is 0. The number of carboxylic acid groups (broad SMARTS) is 1. The molecule has 3 saturated carbocycles. The van der Waals surface area contributed by atoms with Crippen LogP contribution in [0.5, 0.6) is 0 Å². The van der Waals surface area contributed by atoms with Crippen molar-refractivity contribution in [3.63, 3.8) is 0 Å². The monoisotopic (exact) mass is 293 g/mol. The van der Waals surface area contributed by atoms with Crippen molar-refractivity contribution in [1.82, 2.24) is 15.1 Å². The number of amides is 2. The molecule has 116 valence electrons. The van der Waals surface area contributed by atoms with Gasteiger partial charge in [-0.3, -0.25) is 4.79 Å². The standard InChI is InChI=1S/C15H23N3O3/c19-12(20)14-1-4-15(5-2-14,6-3-14)18-10-11-9-16-7-8-17(11)13(18)21/h11,16H,1-10H2,(H,19,20). The molecule has 5 fully saturated rings. The van der Waals surface area contributed by atoms with Crippen LogP contribution in [0, 0.1) is 5.41 Å². The van der Waals surface area contributed by atoms with Crippen molar-refractivity contribution in [3.05, 3.63) is 0 Å². The van der Waals surface area contributed by atoms with Crippen LogP contribution in [0.3, 0.4) is 0 Å². The van der Waals surface area contributed by atoms with Gasteiger partial charge in [-0.1, -0.05) is 0 Å². The van der Waals surface area contributed by atoms with Crippen molar-refractivity contribution in [1.29, 1.82) is 0 Å². The van der Waals surface area contributed by atoms with E-state index in [9.17, 15) is 14.7 Å². The Balaban J connectivity index is 1.55. The van der Waals surface area contributed by atoms with E-state index in [0.29, 0.717) is 6.04 Å². The van der Waals surface area contributed by atoms with Gasteiger partial charge in [0.25, 0.3) is 0 Å². The normalized spacial score (nSPS) is 42.3. The molecule has 1 unspecified atom stereocenters. The summed E-state index contributed by atoms with van der Waals surface area (Å²) in [5.74, 6) is -0.634. The minimum Gasteiger partial charge on any atom is -0.481 e. The van der Waals surface area contributed by atoms with Gasteiger partial charge < -0.3 is 20.2 Å². The molecule has 0 radical (unpaired) electrons. The van der Waals surface area contributed by atoms with Crippen LogP contribution in [0.2, 0.25) is 0 Å². The number of fused-ring (bicyclic) bond motifs is 4. The maximum atomic E-state index is 12.7. The van der Waals surface area contributed by atoms with E-state index in [1.807, 2.05) is 4.90 Å². The molecular weight excluding hydrogens is 270 g/mol. The molecule has 0 aromatic carbocycles. The van der Waals surface area contributed by atoms with Crippen LogP contribution in [-0.4, -0.2) is 64.7 Å². The highest BCUT2D eigenvalue weighted by molar-refractivity contribution is 5.79. The zero-order valence-corrected chi connectivity index (χ0v) is 12.3. The Labute approximate surface area is 124 Å². The summed E-state index contributed by atoms with van der Waals surface area (Å²) < 4.78 is 0. The number of carbonyl (C=O) groups is 2. The molecule has 5 aliphatic rings. The predicted molar refractivity (Wildman–Crippen MR) is 76.0 cm³/mol. The van der Waals surface area contributed by atoms with Gasteiger partial charge >= 0.3 is 12.0 Å². The number of hydrogen-bond donors (Lipinski definition) is 2. The molecule has 0 spiro atoms. The number of piperazine rings is 1. The van der Waals surface area contributed by atoms with Crippen LogP contribution >= 0.6 is 0 Å². The maximum Gasteiger partial charge on any atom is 0.320 e. The lowest BCUT2D eigenvalue weighted by Crippen LogP contribution is -2.59. The van der Waals surface area contributed by atoms with Crippen LogP contribution in [0.25, 0.3) is 0 Å². The topological polar surface area (TPSA) is 72.9 Å². The highest BCUT2D eigenvalue weighted by Crippen LogP contribution is 2.55. The van der Waals surface area contributed by atoms with E-state index >= 15 is 0 Å². The Morgan fingerprint density at radius 2 is 1.86 bits per heavy atom. The fourth-order valence-corrected chi connectivity index (χ4v) is 4.91. The summed E-state index contributed by atoms with van der Waals surface area (Å²) in [6.07, 6.45) is 4.77. The fraction of sp³-hybridized carbons (Fsp3) is 0.867. The first-order chi connectivity index (χ1) is 10.1. The smallest absolute Gasteiger partial charge is 0.320 e. The lowest BCUT2D eigenvalue weighted by atomic mass is 9.57. The van der Waals surface area contributed by atoms with Gasteiger partial charge in [-0.25, -0.2) is 4.79 Å². The van der Waals surface area contributed by atoms with Crippen molar-refractivity contribution >= 4 is 12.0 Å². The predicted octanol–water partition coefficient (Wildman–Crippen LogP) is 0.873. The molecule has 0 aromatic heterocycles. The van der Waals surface area contributed by atoms with Gasteiger partial charge in [0.05, 0.1) is 11.5 Å². The third-order valence-electron chi connectivity index (χ3n) is 6.45. The van der Waals surface area contributed by atoms with Gasteiger partial charge in [-0.15, -0.1) is 0 Å². The number of rotatable bonds is 2. The number of nitrogens with one attached hydrogen (secondary N) is 1. The lowest BCUT2D eigenvalue weighted by Gasteiger charge is -2.54. The van der Waals surface area contributed by atoms with Crippen molar-refractivity contribution < 1.29 is 14.7 Å². The molecule has 2 bridgehead atoms. The second-order valence-electron chi connectivity index (χ2n) is 7.25. The number of carbonyl (C=O) groups excluding carboxylic acids is 1. The number of carboxylic acids is 1. The average Bonchev–Trinajstić information content (AvgIpc) is 2.87. The van der Waals surface area contributed by atoms with Gasteiger partial charge in [0.1, 0.15) is 0 Å². The van der Waals surface area contributed by atoms with Crippen molar-refractivity contribution in [3.8, 4) is 0 Å². The summed E-state index contributed by atoms with van der Waals surface area (Å²) in [6, 6.07) is 0.486. The van der Waals surface area contributed by atoms with Crippen molar-refractivity contribution in [2.45, 2.75) is 50.1 Å². The average molecular weight is 293 g/mol. The molecule has 1 atom stereocenters. The zero-order chi connectivity index (χ0) is 14.7. The minimum absolute atomic E-state index is 0.0639. The van der Waals surface area contributed by atoms with Crippen LogP contribution < -0.4 is 5.32 Å². The summed E-state index contributed by atoms with van der Waals surface area (Å²) in [4.78, 5) is 28.4. The third-order valence-corrected chi connectivity index (χ3v) is 6.45. The number of hydrogen-bond acceptors (Lipinski definition) is 3. The third kappa shape index (κ3) is 1.74. The largest absolute Gasteiger partial charge is 0.481 e. The van der Waals surface area contributed by atoms with Gasteiger partial charge in [0.15, 0.2) is 0 Å². The van der Waals surface area contributed by atoms with Crippen molar-refractivity contribution in [2.24, 2.45) is 5.41 Å². The second kappa shape index (κ2) is 4.35. The highest BCUT2D eigenvalue weighted by atomic mass is 16.4. The number of urea groups is 1. The van der Waals surface area contributed by atoms with E-state index in [-0.39, 0.29) is 11.6 Å². The molecular formula is C15H23N3O3. The first-order valence-electron chi connectivity index (χ1n) is 8.09. The SMILES string of the molecule is O=C1N2CCNCC2CN1C12CCC(C(=O)O)(CC1)CC2.